The first kappa shape index (κ1) is 11.3. The maximum absolute atomic E-state index is 5.82. The molecule has 0 aromatic carbocycles. The van der Waals surface area contributed by atoms with Crippen LogP contribution in [-0.4, -0.2) is 52.9 Å². The molecular formula is C9H15ClN4S. The molecule has 0 N–H and O–H groups in total. The highest BCUT2D eigenvalue weighted by Gasteiger charge is 2.25. The Hall–Kier alpha value is -0.230. The van der Waals surface area contributed by atoms with E-state index in [9.17, 15) is 0 Å². The molecule has 1 aromatic rings. The average molecular weight is 247 g/mol. The van der Waals surface area contributed by atoms with Crippen molar-refractivity contribution in [3.8, 4) is 0 Å². The summed E-state index contributed by atoms with van der Waals surface area (Å²) < 4.78 is 4.83. The molecule has 0 aliphatic carbocycles. The van der Waals surface area contributed by atoms with Crippen molar-refractivity contribution in [1.29, 1.82) is 0 Å². The van der Waals surface area contributed by atoms with Crippen LogP contribution in [-0.2, 0) is 0 Å². The van der Waals surface area contributed by atoms with Gasteiger partial charge in [0.05, 0.1) is 6.04 Å². The first-order chi connectivity index (χ1) is 7.16. The van der Waals surface area contributed by atoms with Gasteiger partial charge in [-0.1, -0.05) is 0 Å². The first-order valence-electron chi connectivity index (χ1n) is 5.04. The summed E-state index contributed by atoms with van der Waals surface area (Å²) in [5.41, 5.74) is 0. The van der Waals surface area contributed by atoms with Crippen molar-refractivity contribution in [2.75, 3.05) is 33.7 Å². The van der Waals surface area contributed by atoms with Gasteiger partial charge in [-0.25, -0.2) is 4.98 Å². The molecule has 1 aromatic heterocycles. The molecule has 1 aliphatic heterocycles. The van der Waals surface area contributed by atoms with Gasteiger partial charge in [0.15, 0.2) is 5.82 Å². The SMILES string of the molecule is CN1CCCN(C)C(c2nsc(Cl)n2)C1. The van der Waals surface area contributed by atoms with Crippen LogP contribution in [0.1, 0.15) is 18.3 Å². The van der Waals surface area contributed by atoms with Crippen LogP contribution >= 0.6 is 23.1 Å². The zero-order chi connectivity index (χ0) is 10.8. The molecule has 0 bridgehead atoms. The highest BCUT2D eigenvalue weighted by atomic mass is 35.5. The van der Waals surface area contributed by atoms with Gasteiger partial charge in [0, 0.05) is 6.54 Å². The lowest BCUT2D eigenvalue weighted by Gasteiger charge is -2.24. The molecule has 1 fully saturated rings. The Bertz CT molecular complexity index is 330. The van der Waals surface area contributed by atoms with Crippen molar-refractivity contribution in [2.45, 2.75) is 12.5 Å². The summed E-state index contributed by atoms with van der Waals surface area (Å²) in [4.78, 5) is 8.90. The van der Waals surface area contributed by atoms with Crippen molar-refractivity contribution >= 4 is 23.1 Å². The van der Waals surface area contributed by atoms with Crippen LogP contribution in [0.25, 0.3) is 0 Å². The van der Waals surface area contributed by atoms with E-state index in [1.165, 1.54) is 18.0 Å². The molecule has 1 saturated heterocycles. The van der Waals surface area contributed by atoms with Crippen molar-refractivity contribution < 1.29 is 0 Å². The number of halogens is 1. The third kappa shape index (κ3) is 2.66. The van der Waals surface area contributed by atoms with Gasteiger partial charge in [-0.15, -0.1) is 0 Å². The van der Waals surface area contributed by atoms with Gasteiger partial charge >= 0.3 is 0 Å². The Morgan fingerprint density at radius 3 is 2.87 bits per heavy atom. The van der Waals surface area contributed by atoms with Crippen molar-refractivity contribution in [3.63, 3.8) is 0 Å². The predicted molar refractivity (Wildman–Crippen MR) is 62.4 cm³/mol. The summed E-state index contributed by atoms with van der Waals surface area (Å²) in [6.07, 6.45) is 1.20. The fraction of sp³-hybridized carbons (Fsp3) is 0.778. The van der Waals surface area contributed by atoms with E-state index in [-0.39, 0.29) is 6.04 Å². The number of rotatable bonds is 1. The average Bonchev–Trinajstić information content (AvgIpc) is 2.53. The maximum atomic E-state index is 5.82. The molecule has 0 radical (unpaired) electrons. The van der Waals surface area contributed by atoms with Gasteiger partial charge in [0.1, 0.15) is 0 Å². The lowest BCUT2D eigenvalue weighted by molar-refractivity contribution is 0.221. The highest BCUT2D eigenvalue weighted by molar-refractivity contribution is 7.10. The number of aromatic nitrogens is 2. The molecule has 2 heterocycles. The smallest absolute Gasteiger partial charge is 0.203 e. The van der Waals surface area contributed by atoms with Crippen molar-refractivity contribution in [1.82, 2.24) is 19.2 Å². The Balaban J connectivity index is 2.17. The number of nitrogens with zero attached hydrogens (tertiary/aromatic N) is 4. The van der Waals surface area contributed by atoms with E-state index in [2.05, 4.69) is 33.3 Å². The minimum absolute atomic E-state index is 0.279. The largest absolute Gasteiger partial charge is 0.304 e. The number of hydrogen-bond donors (Lipinski definition) is 0. The lowest BCUT2D eigenvalue weighted by atomic mass is 10.2. The third-order valence-electron chi connectivity index (χ3n) is 2.78. The summed E-state index contributed by atoms with van der Waals surface area (Å²) in [6, 6.07) is 0.279. The van der Waals surface area contributed by atoms with E-state index in [0.29, 0.717) is 4.47 Å². The predicted octanol–water partition coefficient (Wildman–Crippen LogP) is 1.50. The zero-order valence-electron chi connectivity index (χ0n) is 8.98. The second-order valence-electron chi connectivity index (χ2n) is 4.02. The first-order valence-corrected chi connectivity index (χ1v) is 6.20. The van der Waals surface area contributed by atoms with E-state index in [4.69, 9.17) is 11.6 Å². The van der Waals surface area contributed by atoms with Crippen LogP contribution < -0.4 is 0 Å². The molecule has 0 amide bonds. The Kier molecular flexibility index (Phi) is 3.56. The van der Waals surface area contributed by atoms with Crippen LogP contribution in [0.4, 0.5) is 0 Å². The summed E-state index contributed by atoms with van der Waals surface area (Å²) in [6.45, 7) is 3.20. The minimum Gasteiger partial charge on any atom is -0.304 e. The molecule has 6 heteroatoms. The van der Waals surface area contributed by atoms with E-state index in [1.807, 2.05) is 0 Å². The maximum Gasteiger partial charge on any atom is 0.203 e. The van der Waals surface area contributed by atoms with Gasteiger partial charge in [-0.3, -0.25) is 4.90 Å². The highest BCUT2D eigenvalue weighted by Crippen LogP contribution is 2.23. The van der Waals surface area contributed by atoms with Crippen LogP contribution in [0.15, 0.2) is 0 Å². The monoisotopic (exact) mass is 246 g/mol. The van der Waals surface area contributed by atoms with Crippen LogP contribution in [0, 0.1) is 0 Å². The van der Waals surface area contributed by atoms with E-state index in [1.54, 1.807) is 0 Å². The fourth-order valence-corrected chi connectivity index (χ4v) is 2.56. The van der Waals surface area contributed by atoms with Crippen molar-refractivity contribution in [2.24, 2.45) is 0 Å². The van der Waals surface area contributed by atoms with Gasteiger partial charge in [-0.2, -0.15) is 4.37 Å². The molecule has 0 saturated carbocycles. The normalized spacial score (nSPS) is 25.4. The minimum atomic E-state index is 0.279. The zero-order valence-corrected chi connectivity index (χ0v) is 10.6. The summed E-state index contributed by atoms with van der Waals surface area (Å²) >= 11 is 7.08. The van der Waals surface area contributed by atoms with Gasteiger partial charge < -0.3 is 4.90 Å². The summed E-state index contributed by atoms with van der Waals surface area (Å²) in [5, 5.41) is 0. The topological polar surface area (TPSA) is 32.3 Å². The second-order valence-corrected chi connectivity index (χ2v) is 5.35. The molecule has 15 heavy (non-hydrogen) atoms. The van der Waals surface area contributed by atoms with Crippen LogP contribution in [0.3, 0.4) is 0 Å². The van der Waals surface area contributed by atoms with E-state index < -0.39 is 0 Å². The number of hydrogen-bond acceptors (Lipinski definition) is 5. The van der Waals surface area contributed by atoms with Crippen LogP contribution in [0.2, 0.25) is 4.47 Å². The molecule has 2 rings (SSSR count). The molecule has 84 valence electrons. The Labute approximate surface area is 99.0 Å². The fourth-order valence-electron chi connectivity index (χ4n) is 1.90. The second kappa shape index (κ2) is 4.74. The Morgan fingerprint density at radius 1 is 1.40 bits per heavy atom. The summed E-state index contributed by atoms with van der Waals surface area (Å²) in [7, 11) is 4.26. The molecule has 4 nitrogen and oxygen atoms in total. The van der Waals surface area contributed by atoms with Crippen molar-refractivity contribution in [3.05, 3.63) is 10.3 Å². The molecule has 1 aliphatic rings. The summed E-state index contributed by atoms with van der Waals surface area (Å²) in [5.74, 6) is 0.862. The third-order valence-corrected chi connectivity index (χ3v) is 3.59. The number of likely N-dealkylation sites (N-methyl/N-ethyl adjacent to an activating group) is 2. The van der Waals surface area contributed by atoms with Gasteiger partial charge in [-0.05, 0) is 56.7 Å². The molecule has 1 atom stereocenters. The lowest BCUT2D eigenvalue weighted by Crippen LogP contribution is -2.31. The molecular weight excluding hydrogens is 232 g/mol. The standard InChI is InChI=1S/C9H15ClN4S/c1-13-4-3-5-14(2)7(6-13)8-11-9(10)15-12-8/h7H,3-6H2,1-2H3. The van der Waals surface area contributed by atoms with E-state index in [0.717, 1.165) is 25.5 Å². The molecule has 0 spiro atoms. The van der Waals surface area contributed by atoms with E-state index >= 15 is 0 Å². The molecule has 1 unspecified atom stereocenters. The van der Waals surface area contributed by atoms with Crippen LogP contribution in [0.5, 0.6) is 0 Å². The Morgan fingerprint density at radius 2 is 2.20 bits per heavy atom. The quantitative estimate of drug-likeness (QED) is 0.752. The van der Waals surface area contributed by atoms with Gasteiger partial charge in [0.2, 0.25) is 4.47 Å². The van der Waals surface area contributed by atoms with Gasteiger partial charge in [0.25, 0.3) is 0 Å².